The highest BCUT2D eigenvalue weighted by molar-refractivity contribution is 6.46. The van der Waals surface area contributed by atoms with Gasteiger partial charge in [-0.15, -0.1) is 0 Å². The highest BCUT2D eigenvalue weighted by Crippen LogP contribution is 2.41. The number of hydrogen-bond acceptors (Lipinski definition) is 5. The summed E-state index contributed by atoms with van der Waals surface area (Å²) in [6.45, 7) is 6.49. The van der Waals surface area contributed by atoms with Crippen LogP contribution in [-0.4, -0.2) is 39.4 Å². The molecule has 0 saturated carbocycles. The zero-order valence-corrected chi connectivity index (χ0v) is 21.0. The number of carboxylic acid groups (broad SMARTS) is 1. The smallest absolute Gasteiger partial charge is 0.335 e. The highest BCUT2D eigenvalue weighted by Gasteiger charge is 2.46. The first kappa shape index (κ1) is 25.7. The number of carbonyl (C=O) groups is 3. The van der Waals surface area contributed by atoms with Gasteiger partial charge >= 0.3 is 5.97 Å². The normalized spacial score (nSPS) is 16.9. The Labute approximate surface area is 215 Å². The van der Waals surface area contributed by atoms with E-state index >= 15 is 0 Å². The number of rotatable bonds is 8. The first-order chi connectivity index (χ1) is 17.7. The van der Waals surface area contributed by atoms with Crippen molar-refractivity contribution >= 4 is 23.4 Å². The van der Waals surface area contributed by atoms with Gasteiger partial charge in [-0.1, -0.05) is 56.3 Å². The summed E-state index contributed by atoms with van der Waals surface area (Å²) in [6, 6.07) is 19.7. The van der Waals surface area contributed by atoms with Crippen molar-refractivity contribution in [3.63, 3.8) is 0 Å². The number of ketones is 1. The van der Waals surface area contributed by atoms with Crippen LogP contribution in [0.2, 0.25) is 0 Å². The van der Waals surface area contributed by atoms with Crippen molar-refractivity contribution in [2.24, 2.45) is 0 Å². The largest absolute Gasteiger partial charge is 0.507 e. The molecule has 1 aliphatic rings. The van der Waals surface area contributed by atoms with E-state index in [9.17, 15) is 24.6 Å². The van der Waals surface area contributed by atoms with Gasteiger partial charge in [0, 0.05) is 12.1 Å². The van der Waals surface area contributed by atoms with Gasteiger partial charge in [-0.05, 0) is 59.9 Å². The fourth-order valence-corrected chi connectivity index (χ4v) is 4.56. The van der Waals surface area contributed by atoms with Crippen molar-refractivity contribution < 1.29 is 29.3 Å². The van der Waals surface area contributed by atoms with Crippen LogP contribution in [0.3, 0.4) is 0 Å². The molecular formula is C30H29NO6. The van der Waals surface area contributed by atoms with Crippen molar-refractivity contribution in [2.75, 3.05) is 6.61 Å². The lowest BCUT2D eigenvalue weighted by Crippen LogP contribution is -2.29. The van der Waals surface area contributed by atoms with Gasteiger partial charge in [0.15, 0.2) is 0 Å². The molecule has 3 aromatic rings. The molecule has 190 valence electrons. The van der Waals surface area contributed by atoms with E-state index in [4.69, 9.17) is 4.74 Å². The predicted molar refractivity (Wildman–Crippen MR) is 139 cm³/mol. The van der Waals surface area contributed by atoms with Gasteiger partial charge in [0.2, 0.25) is 0 Å². The van der Waals surface area contributed by atoms with E-state index < -0.39 is 23.7 Å². The number of likely N-dealkylation sites (tertiary alicyclic amines) is 1. The summed E-state index contributed by atoms with van der Waals surface area (Å²) in [5.74, 6) is -1.98. The molecule has 4 rings (SSSR count). The van der Waals surface area contributed by atoms with Crippen molar-refractivity contribution in [3.8, 4) is 5.75 Å². The van der Waals surface area contributed by atoms with Gasteiger partial charge in [0.05, 0.1) is 23.8 Å². The molecule has 37 heavy (non-hydrogen) atoms. The van der Waals surface area contributed by atoms with Crippen LogP contribution in [0.1, 0.15) is 65.3 Å². The SMILES string of the molecule is CCOc1ccc(/C(O)=C2/C(=O)C(=O)N(Cc3ccc(C(=O)O)cc3)C2c2ccccc2)cc1C(C)C. The zero-order valence-electron chi connectivity index (χ0n) is 21.0. The monoisotopic (exact) mass is 499 g/mol. The van der Waals surface area contributed by atoms with E-state index in [1.807, 2.05) is 51.1 Å². The summed E-state index contributed by atoms with van der Waals surface area (Å²) in [4.78, 5) is 39.2. The Morgan fingerprint density at radius 2 is 1.59 bits per heavy atom. The molecule has 0 radical (unpaired) electrons. The maximum atomic E-state index is 13.3. The summed E-state index contributed by atoms with van der Waals surface area (Å²) >= 11 is 0. The quantitative estimate of drug-likeness (QED) is 0.240. The first-order valence-electron chi connectivity index (χ1n) is 12.2. The lowest BCUT2D eigenvalue weighted by atomic mass is 9.93. The Bertz CT molecular complexity index is 1360. The third-order valence-electron chi connectivity index (χ3n) is 6.41. The lowest BCUT2D eigenvalue weighted by molar-refractivity contribution is -0.140. The Kier molecular flexibility index (Phi) is 7.43. The van der Waals surface area contributed by atoms with Gasteiger partial charge in [-0.3, -0.25) is 9.59 Å². The maximum Gasteiger partial charge on any atom is 0.335 e. The number of aliphatic hydroxyl groups is 1. The summed E-state index contributed by atoms with van der Waals surface area (Å²) in [5, 5.41) is 20.6. The number of benzene rings is 3. The second-order valence-corrected chi connectivity index (χ2v) is 9.18. The average molecular weight is 500 g/mol. The molecule has 1 aliphatic heterocycles. The summed E-state index contributed by atoms with van der Waals surface area (Å²) in [5.41, 5.74) is 2.79. The van der Waals surface area contributed by atoms with E-state index in [-0.39, 0.29) is 29.4 Å². The first-order valence-corrected chi connectivity index (χ1v) is 12.2. The number of amides is 1. The van der Waals surface area contributed by atoms with E-state index in [1.54, 1.807) is 30.3 Å². The Balaban J connectivity index is 1.82. The molecule has 7 heteroatoms. The van der Waals surface area contributed by atoms with Crippen LogP contribution < -0.4 is 4.74 Å². The van der Waals surface area contributed by atoms with E-state index in [0.717, 1.165) is 5.56 Å². The second-order valence-electron chi connectivity index (χ2n) is 9.18. The number of hydrogen-bond donors (Lipinski definition) is 2. The van der Waals surface area contributed by atoms with Gasteiger partial charge in [0.1, 0.15) is 11.5 Å². The molecule has 0 aromatic heterocycles. The number of aromatic carboxylic acids is 1. The number of nitrogens with zero attached hydrogens (tertiary/aromatic N) is 1. The number of carbonyl (C=O) groups excluding carboxylic acids is 2. The molecule has 1 heterocycles. The zero-order chi connectivity index (χ0) is 26.7. The Hall–Kier alpha value is -4.39. The molecule has 0 aliphatic carbocycles. The van der Waals surface area contributed by atoms with E-state index in [0.29, 0.717) is 29.0 Å². The number of Topliss-reactive ketones (excluding diaryl/α,β-unsaturated/α-hetero) is 1. The van der Waals surface area contributed by atoms with Gasteiger partial charge in [-0.25, -0.2) is 4.79 Å². The standard InChI is InChI=1S/C30H29NO6/c1-4-37-24-15-14-22(16-23(24)18(2)3)27(32)25-26(20-8-6-5-7-9-20)31(29(34)28(25)33)17-19-10-12-21(13-11-19)30(35)36/h5-16,18,26,32H,4,17H2,1-3H3,(H,35,36)/b27-25-. The van der Waals surface area contributed by atoms with Crippen molar-refractivity contribution in [1.82, 2.24) is 4.90 Å². The number of carboxylic acids is 1. The van der Waals surface area contributed by atoms with Gasteiger partial charge < -0.3 is 19.8 Å². The minimum atomic E-state index is -1.05. The van der Waals surface area contributed by atoms with E-state index in [2.05, 4.69) is 0 Å². The predicted octanol–water partition coefficient (Wildman–Crippen LogP) is 5.53. The fourth-order valence-electron chi connectivity index (χ4n) is 4.56. The third kappa shape index (κ3) is 5.11. The molecule has 1 saturated heterocycles. The maximum absolute atomic E-state index is 13.3. The Morgan fingerprint density at radius 3 is 2.19 bits per heavy atom. The Morgan fingerprint density at radius 1 is 0.946 bits per heavy atom. The summed E-state index contributed by atoms with van der Waals surface area (Å²) in [7, 11) is 0. The van der Waals surface area contributed by atoms with Crippen LogP contribution >= 0.6 is 0 Å². The topological polar surface area (TPSA) is 104 Å². The van der Waals surface area contributed by atoms with Crippen molar-refractivity contribution in [1.29, 1.82) is 0 Å². The fraction of sp³-hybridized carbons (Fsp3) is 0.233. The van der Waals surface area contributed by atoms with E-state index in [1.165, 1.54) is 17.0 Å². The third-order valence-corrected chi connectivity index (χ3v) is 6.41. The van der Waals surface area contributed by atoms with Gasteiger partial charge in [-0.2, -0.15) is 0 Å². The molecule has 1 amide bonds. The number of aliphatic hydroxyl groups excluding tert-OH is 1. The minimum Gasteiger partial charge on any atom is -0.507 e. The molecule has 1 atom stereocenters. The van der Waals surface area contributed by atoms with Gasteiger partial charge in [0.25, 0.3) is 11.7 Å². The second kappa shape index (κ2) is 10.7. The van der Waals surface area contributed by atoms with Crippen LogP contribution in [0, 0.1) is 0 Å². The lowest BCUT2D eigenvalue weighted by Gasteiger charge is -2.25. The molecule has 1 fully saturated rings. The van der Waals surface area contributed by atoms with Crippen LogP contribution in [0.5, 0.6) is 5.75 Å². The van der Waals surface area contributed by atoms with Crippen LogP contribution in [0.15, 0.2) is 78.4 Å². The van der Waals surface area contributed by atoms with Crippen molar-refractivity contribution in [2.45, 2.75) is 39.3 Å². The summed E-state index contributed by atoms with van der Waals surface area (Å²) in [6.07, 6.45) is 0. The van der Waals surface area contributed by atoms with Crippen LogP contribution in [0.4, 0.5) is 0 Å². The molecule has 2 N–H and O–H groups in total. The minimum absolute atomic E-state index is 0.0113. The summed E-state index contributed by atoms with van der Waals surface area (Å²) < 4.78 is 5.73. The van der Waals surface area contributed by atoms with Crippen LogP contribution in [-0.2, 0) is 16.1 Å². The molecule has 7 nitrogen and oxygen atoms in total. The van der Waals surface area contributed by atoms with Crippen LogP contribution in [0.25, 0.3) is 5.76 Å². The molecule has 1 unspecified atom stereocenters. The highest BCUT2D eigenvalue weighted by atomic mass is 16.5. The molecule has 0 spiro atoms. The molecule has 0 bridgehead atoms. The van der Waals surface area contributed by atoms with Crippen molar-refractivity contribution in [3.05, 3.63) is 106 Å². The number of ether oxygens (including phenoxy) is 1. The molecular weight excluding hydrogens is 470 g/mol. The molecule has 3 aromatic carbocycles. The average Bonchev–Trinajstić information content (AvgIpc) is 3.14.